The minimum absolute atomic E-state index is 0. The topological polar surface area (TPSA) is 24.7 Å². The van der Waals surface area contributed by atoms with Gasteiger partial charge in [-0.2, -0.15) is 0 Å². The van der Waals surface area contributed by atoms with Crippen LogP contribution < -0.4 is 0 Å². The first-order valence-electron chi connectivity index (χ1n) is 4.00. The monoisotopic (exact) mass is 160 g/mol. The van der Waals surface area contributed by atoms with Crippen LogP contribution in [0.4, 0.5) is 0 Å². The summed E-state index contributed by atoms with van der Waals surface area (Å²) in [6.07, 6.45) is 1.83. The molecular formula is C10H12N2. The SMILES string of the molecule is Cc1ccc(C2=NCC=N2)cc1.[HH]. The van der Waals surface area contributed by atoms with E-state index in [1.54, 1.807) is 0 Å². The van der Waals surface area contributed by atoms with Gasteiger partial charge in [0.05, 0.1) is 6.54 Å². The number of nitrogens with zero attached hydrogens (tertiary/aromatic N) is 2. The summed E-state index contributed by atoms with van der Waals surface area (Å²) in [6.45, 7) is 2.80. The molecule has 0 fully saturated rings. The Morgan fingerprint density at radius 1 is 1.25 bits per heavy atom. The highest BCUT2D eigenvalue weighted by atomic mass is 15.0. The first-order chi connectivity index (χ1) is 5.86. The minimum Gasteiger partial charge on any atom is -0.260 e. The van der Waals surface area contributed by atoms with E-state index in [-0.39, 0.29) is 1.43 Å². The third kappa shape index (κ3) is 1.28. The highest BCUT2D eigenvalue weighted by molar-refractivity contribution is 6.06. The van der Waals surface area contributed by atoms with Gasteiger partial charge in [0.1, 0.15) is 0 Å². The van der Waals surface area contributed by atoms with E-state index in [1.165, 1.54) is 5.56 Å². The van der Waals surface area contributed by atoms with Crippen molar-refractivity contribution in [2.24, 2.45) is 9.98 Å². The lowest BCUT2D eigenvalue weighted by molar-refractivity contribution is 1.35. The van der Waals surface area contributed by atoms with Gasteiger partial charge in [0.15, 0.2) is 5.84 Å². The van der Waals surface area contributed by atoms with Crippen LogP contribution in [0.2, 0.25) is 0 Å². The average molecular weight is 160 g/mol. The maximum absolute atomic E-state index is 4.23. The summed E-state index contributed by atoms with van der Waals surface area (Å²) in [5.74, 6) is 0.856. The highest BCUT2D eigenvalue weighted by Gasteiger charge is 2.02. The van der Waals surface area contributed by atoms with Crippen molar-refractivity contribution in [3.05, 3.63) is 35.4 Å². The molecule has 0 aliphatic carbocycles. The smallest absolute Gasteiger partial charge is 0.154 e. The van der Waals surface area contributed by atoms with Gasteiger partial charge >= 0.3 is 0 Å². The molecule has 1 aromatic carbocycles. The summed E-state index contributed by atoms with van der Waals surface area (Å²) in [5.41, 5.74) is 2.37. The molecule has 0 radical (unpaired) electrons. The molecule has 0 saturated carbocycles. The Balaban J connectivity index is 0.000000845. The van der Waals surface area contributed by atoms with Gasteiger partial charge in [-0.1, -0.05) is 29.8 Å². The molecule has 2 rings (SSSR count). The van der Waals surface area contributed by atoms with Gasteiger partial charge in [-0.3, -0.25) is 4.99 Å². The Bertz CT molecular complexity index is 338. The van der Waals surface area contributed by atoms with E-state index in [0.717, 1.165) is 17.9 Å². The molecule has 0 aromatic heterocycles. The Morgan fingerprint density at radius 2 is 2.00 bits per heavy atom. The largest absolute Gasteiger partial charge is 0.260 e. The van der Waals surface area contributed by atoms with E-state index in [4.69, 9.17) is 0 Å². The fourth-order valence-corrected chi connectivity index (χ4v) is 1.16. The van der Waals surface area contributed by atoms with Crippen LogP contribution in [-0.2, 0) is 0 Å². The van der Waals surface area contributed by atoms with Crippen LogP contribution >= 0.6 is 0 Å². The average Bonchev–Trinajstić information content (AvgIpc) is 2.58. The lowest BCUT2D eigenvalue weighted by atomic mass is 10.1. The Morgan fingerprint density at radius 3 is 2.58 bits per heavy atom. The summed E-state index contributed by atoms with van der Waals surface area (Å²) in [5, 5.41) is 0. The maximum Gasteiger partial charge on any atom is 0.154 e. The van der Waals surface area contributed by atoms with Gasteiger partial charge in [0.2, 0.25) is 0 Å². The van der Waals surface area contributed by atoms with E-state index < -0.39 is 0 Å². The van der Waals surface area contributed by atoms with Gasteiger partial charge in [-0.15, -0.1) is 0 Å². The molecule has 1 heterocycles. The van der Waals surface area contributed by atoms with Crippen molar-refractivity contribution in [3.8, 4) is 0 Å². The Hall–Kier alpha value is -1.44. The predicted molar refractivity (Wildman–Crippen MR) is 53.2 cm³/mol. The van der Waals surface area contributed by atoms with E-state index in [9.17, 15) is 0 Å². The standard InChI is InChI=1S/C10H10N2.H2/c1-8-2-4-9(5-3-8)10-11-6-7-12-10;/h2-6H,7H2,1H3;1H. The van der Waals surface area contributed by atoms with Crippen molar-refractivity contribution in [2.75, 3.05) is 6.54 Å². The van der Waals surface area contributed by atoms with Gasteiger partial charge in [-0.05, 0) is 6.92 Å². The summed E-state index contributed by atoms with van der Waals surface area (Å²) < 4.78 is 0. The van der Waals surface area contributed by atoms with Crippen LogP contribution in [0.3, 0.4) is 0 Å². The van der Waals surface area contributed by atoms with E-state index in [2.05, 4.69) is 41.2 Å². The third-order valence-corrected chi connectivity index (χ3v) is 1.85. The number of aliphatic imine (C=N–C) groups is 2. The molecule has 0 N–H and O–H groups in total. The summed E-state index contributed by atoms with van der Waals surface area (Å²) >= 11 is 0. The molecule has 2 nitrogen and oxygen atoms in total. The fourth-order valence-electron chi connectivity index (χ4n) is 1.16. The molecule has 2 heteroatoms. The lowest BCUT2D eigenvalue weighted by Gasteiger charge is -1.97. The first kappa shape index (κ1) is 7.22. The molecule has 1 aromatic rings. The van der Waals surface area contributed by atoms with Crippen LogP contribution in [0, 0.1) is 6.92 Å². The van der Waals surface area contributed by atoms with E-state index in [0.29, 0.717) is 0 Å². The second kappa shape index (κ2) is 2.89. The normalized spacial score (nSPS) is 14.9. The first-order valence-corrected chi connectivity index (χ1v) is 4.00. The summed E-state index contributed by atoms with van der Waals surface area (Å²) in [6, 6.07) is 8.25. The van der Waals surface area contributed by atoms with Crippen molar-refractivity contribution in [2.45, 2.75) is 6.92 Å². The van der Waals surface area contributed by atoms with Crippen molar-refractivity contribution in [1.29, 1.82) is 0 Å². The summed E-state index contributed by atoms with van der Waals surface area (Å²) in [7, 11) is 0. The zero-order valence-electron chi connectivity index (χ0n) is 6.99. The lowest BCUT2D eigenvalue weighted by Crippen LogP contribution is -1.92. The number of hydrogen-bond donors (Lipinski definition) is 0. The van der Waals surface area contributed by atoms with Crippen LogP contribution in [0.15, 0.2) is 34.3 Å². The van der Waals surface area contributed by atoms with Gasteiger partial charge in [0.25, 0.3) is 0 Å². The second-order valence-corrected chi connectivity index (χ2v) is 2.84. The molecule has 0 saturated heterocycles. The van der Waals surface area contributed by atoms with Crippen molar-refractivity contribution < 1.29 is 1.43 Å². The third-order valence-electron chi connectivity index (χ3n) is 1.85. The van der Waals surface area contributed by atoms with Crippen molar-refractivity contribution in [1.82, 2.24) is 0 Å². The van der Waals surface area contributed by atoms with Gasteiger partial charge in [-0.25, -0.2) is 4.99 Å². The second-order valence-electron chi connectivity index (χ2n) is 2.84. The quantitative estimate of drug-likeness (QED) is 0.601. The van der Waals surface area contributed by atoms with Crippen molar-refractivity contribution in [3.63, 3.8) is 0 Å². The van der Waals surface area contributed by atoms with Crippen LogP contribution in [0.25, 0.3) is 0 Å². The van der Waals surface area contributed by atoms with Gasteiger partial charge in [0, 0.05) is 13.2 Å². The minimum atomic E-state index is 0. The van der Waals surface area contributed by atoms with Gasteiger partial charge < -0.3 is 0 Å². The molecule has 0 bridgehead atoms. The van der Waals surface area contributed by atoms with Crippen LogP contribution in [0.5, 0.6) is 0 Å². The Labute approximate surface area is 73.2 Å². The highest BCUT2D eigenvalue weighted by Crippen LogP contribution is 2.07. The molecule has 1 aliphatic heterocycles. The molecule has 0 atom stereocenters. The number of benzene rings is 1. The van der Waals surface area contributed by atoms with E-state index >= 15 is 0 Å². The van der Waals surface area contributed by atoms with Crippen LogP contribution in [-0.4, -0.2) is 18.6 Å². The molecule has 0 unspecified atom stereocenters. The molecule has 62 valence electrons. The number of amidine groups is 1. The van der Waals surface area contributed by atoms with Crippen molar-refractivity contribution >= 4 is 12.1 Å². The molecule has 0 spiro atoms. The fraction of sp³-hybridized carbons (Fsp3) is 0.200. The number of hydrogen-bond acceptors (Lipinski definition) is 2. The molecule has 0 amide bonds. The predicted octanol–water partition coefficient (Wildman–Crippen LogP) is 2.07. The number of rotatable bonds is 1. The van der Waals surface area contributed by atoms with Crippen LogP contribution in [0.1, 0.15) is 12.6 Å². The molecule has 1 aliphatic rings. The zero-order chi connectivity index (χ0) is 8.39. The van der Waals surface area contributed by atoms with E-state index in [1.807, 2.05) is 6.21 Å². The molecule has 12 heavy (non-hydrogen) atoms. The molecular weight excluding hydrogens is 148 g/mol. The summed E-state index contributed by atoms with van der Waals surface area (Å²) in [4.78, 5) is 8.39. The maximum atomic E-state index is 4.23. The Kier molecular flexibility index (Phi) is 1.74. The number of aryl methyl sites for hydroxylation is 1. The zero-order valence-corrected chi connectivity index (χ0v) is 6.99.